The van der Waals surface area contributed by atoms with Crippen LogP contribution in [0, 0.1) is 5.82 Å². The number of hydrogen-bond acceptors (Lipinski definition) is 2. The second kappa shape index (κ2) is 6.10. The molecule has 1 amide bonds. The van der Waals surface area contributed by atoms with Crippen molar-refractivity contribution in [3.8, 4) is 5.75 Å². The summed E-state index contributed by atoms with van der Waals surface area (Å²) in [4.78, 5) is 11.0. The fourth-order valence-corrected chi connectivity index (χ4v) is 1.33. The molecule has 0 spiro atoms. The van der Waals surface area contributed by atoms with Crippen LogP contribution in [0.25, 0.3) is 0 Å². The molecule has 0 unspecified atom stereocenters. The van der Waals surface area contributed by atoms with Gasteiger partial charge in [-0.1, -0.05) is 6.92 Å². The number of carbonyl (C=O) groups is 1. The number of halogens is 1. The van der Waals surface area contributed by atoms with Crippen molar-refractivity contribution in [2.45, 2.75) is 19.8 Å². The Balaban J connectivity index is 2.55. The summed E-state index contributed by atoms with van der Waals surface area (Å²) in [6, 6.07) is 4.59. The zero-order valence-corrected chi connectivity index (χ0v) is 9.55. The molecular formula is C12H16FNO2. The Morgan fingerprint density at radius 2 is 2.25 bits per heavy atom. The van der Waals surface area contributed by atoms with E-state index in [9.17, 15) is 9.18 Å². The third-order valence-electron chi connectivity index (χ3n) is 2.29. The van der Waals surface area contributed by atoms with Crippen LogP contribution in [0.5, 0.6) is 5.75 Å². The predicted molar refractivity (Wildman–Crippen MR) is 60.0 cm³/mol. The summed E-state index contributed by atoms with van der Waals surface area (Å²) in [5.41, 5.74) is 0.552. The van der Waals surface area contributed by atoms with Crippen molar-refractivity contribution in [2.24, 2.45) is 0 Å². The van der Waals surface area contributed by atoms with Gasteiger partial charge in [0.25, 0.3) is 0 Å². The third-order valence-corrected chi connectivity index (χ3v) is 2.29. The predicted octanol–water partition coefficient (Wildman–Crippen LogP) is 1.90. The summed E-state index contributed by atoms with van der Waals surface area (Å²) >= 11 is 0. The molecule has 0 saturated heterocycles. The maximum absolute atomic E-state index is 13.3. The van der Waals surface area contributed by atoms with Gasteiger partial charge in [0.2, 0.25) is 5.91 Å². The zero-order valence-electron chi connectivity index (χ0n) is 9.55. The van der Waals surface area contributed by atoms with E-state index >= 15 is 0 Å². The molecular weight excluding hydrogens is 209 g/mol. The Bertz CT molecular complexity index is 366. The fraction of sp³-hybridized carbons (Fsp3) is 0.417. The van der Waals surface area contributed by atoms with Crippen LogP contribution >= 0.6 is 0 Å². The highest BCUT2D eigenvalue weighted by molar-refractivity contribution is 5.75. The molecule has 16 heavy (non-hydrogen) atoms. The van der Waals surface area contributed by atoms with Gasteiger partial charge in [-0.3, -0.25) is 4.79 Å². The van der Waals surface area contributed by atoms with Crippen molar-refractivity contribution in [3.05, 3.63) is 29.6 Å². The normalized spacial score (nSPS) is 9.94. The molecule has 0 aliphatic carbocycles. The Hall–Kier alpha value is -1.58. The third kappa shape index (κ3) is 3.53. The van der Waals surface area contributed by atoms with Crippen molar-refractivity contribution < 1.29 is 13.9 Å². The van der Waals surface area contributed by atoms with Gasteiger partial charge in [0.1, 0.15) is 11.6 Å². The lowest BCUT2D eigenvalue weighted by Gasteiger charge is -2.07. The van der Waals surface area contributed by atoms with E-state index in [1.807, 2.05) is 0 Å². The number of amides is 1. The van der Waals surface area contributed by atoms with Gasteiger partial charge < -0.3 is 10.1 Å². The second-order valence-electron chi connectivity index (χ2n) is 3.41. The second-order valence-corrected chi connectivity index (χ2v) is 3.41. The van der Waals surface area contributed by atoms with E-state index in [0.29, 0.717) is 30.7 Å². The van der Waals surface area contributed by atoms with Crippen LogP contribution in [0.3, 0.4) is 0 Å². The maximum atomic E-state index is 13.3. The minimum absolute atomic E-state index is 0.0247. The van der Waals surface area contributed by atoms with Gasteiger partial charge >= 0.3 is 0 Å². The molecule has 88 valence electrons. The van der Waals surface area contributed by atoms with Gasteiger partial charge in [0, 0.05) is 13.0 Å². The van der Waals surface area contributed by atoms with Crippen LogP contribution in [-0.2, 0) is 11.2 Å². The quantitative estimate of drug-likeness (QED) is 0.831. The Kier molecular flexibility index (Phi) is 4.76. The minimum Gasteiger partial charge on any atom is -0.497 e. The SMILES string of the molecule is CCC(=O)NCCc1cc(OC)ccc1F. The van der Waals surface area contributed by atoms with E-state index in [4.69, 9.17) is 4.74 Å². The number of benzene rings is 1. The molecule has 0 heterocycles. The van der Waals surface area contributed by atoms with Gasteiger partial charge in [-0.15, -0.1) is 0 Å². The van der Waals surface area contributed by atoms with E-state index < -0.39 is 0 Å². The molecule has 0 bridgehead atoms. The number of carbonyl (C=O) groups excluding carboxylic acids is 1. The molecule has 1 N–H and O–H groups in total. The lowest BCUT2D eigenvalue weighted by Crippen LogP contribution is -2.24. The first-order chi connectivity index (χ1) is 7.67. The molecule has 0 saturated carbocycles. The van der Waals surface area contributed by atoms with Crippen molar-refractivity contribution >= 4 is 5.91 Å². The van der Waals surface area contributed by atoms with Crippen LogP contribution in [-0.4, -0.2) is 19.6 Å². The lowest BCUT2D eigenvalue weighted by molar-refractivity contribution is -0.120. The first-order valence-electron chi connectivity index (χ1n) is 5.26. The molecule has 0 aromatic heterocycles. The highest BCUT2D eigenvalue weighted by Gasteiger charge is 2.04. The summed E-state index contributed by atoms with van der Waals surface area (Å²) in [6.07, 6.45) is 0.912. The first-order valence-corrected chi connectivity index (χ1v) is 5.26. The van der Waals surface area contributed by atoms with Crippen molar-refractivity contribution in [1.29, 1.82) is 0 Å². The summed E-state index contributed by atoms with van der Waals surface area (Å²) < 4.78 is 18.3. The lowest BCUT2D eigenvalue weighted by atomic mass is 10.1. The summed E-state index contributed by atoms with van der Waals surface area (Å²) in [6.45, 7) is 2.22. The average molecular weight is 225 g/mol. The number of hydrogen-bond donors (Lipinski definition) is 1. The molecule has 1 aromatic rings. The fourth-order valence-electron chi connectivity index (χ4n) is 1.33. The van der Waals surface area contributed by atoms with E-state index in [1.54, 1.807) is 19.1 Å². The van der Waals surface area contributed by atoms with Gasteiger partial charge in [-0.05, 0) is 30.2 Å². The average Bonchev–Trinajstić information content (AvgIpc) is 2.31. The van der Waals surface area contributed by atoms with Crippen LogP contribution in [0.2, 0.25) is 0 Å². The highest BCUT2D eigenvalue weighted by Crippen LogP contribution is 2.16. The summed E-state index contributed by atoms with van der Waals surface area (Å²) in [5.74, 6) is 0.327. The molecule has 0 aliphatic rings. The summed E-state index contributed by atoms with van der Waals surface area (Å²) in [5, 5.41) is 2.70. The topological polar surface area (TPSA) is 38.3 Å². The Morgan fingerprint density at radius 3 is 2.88 bits per heavy atom. The molecule has 0 aliphatic heterocycles. The highest BCUT2D eigenvalue weighted by atomic mass is 19.1. The van der Waals surface area contributed by atoms with E-state index in [1.165, 1.54) is 13.2 Å². The monoisotopic (exact) mass is 225 g/mol. The van der Waals surface area contributed by atoms with Crippen LogP contribution in [0.15, 0.2) is 18.2 Å². The summed E-state index contributed by atoms with van der Waals surface area (Å²) in [7, 11) is 1.54. The Morgan fingerprint density at radius 1 is 1.50 bits per heavy atom. The molecule has 0 radical (unpaired) electrons. The largest absolute Gasteiger partial charge is 0.497 e. The molecule has 0 fully saturated rings. The minimum atomic E-state index is -0.272. The van der Waals surface area contributed by atoms with Gasteiger partial charge in [0.05, 0.1) is 7.11 Å². The molecule has 4 heteroatoms. The van der Waals surface area contributed by atoms with Gasteiger partial charge in [0.15, 0.2) is 0 Å². The number of methoxy groups -OCH3 is 1. The van der Waals surface area contributed by atoms with Crippen molar-refractivity contribution in [2.75, 3.05) is 13.7 Å². The maximum Gasteiger partial charge on any atom is 0.219 e. The van der Waals surface area contributed by atoms with E-state index in [2.05, 4.69) is 5.32 Å². The standard InChI is InChI=1S/C12H16FNO2/c1-3-12(15)14-7-6-9-8-10(16-2)4-5-11(9)13/h4-5,8H,3,6-7H2,1-2H3,(H,14,15). The van der Waals surface area contributed by atoms with Gasteiger partial charge in [-0.2, -0.15) is 0 Å². The van der Waals surface area contributed by atoms with Gasteiger partial charge in [-0.25, -0.2) is 4.39 Å². The smallest absolute Gasteiger partial charge is 0.219 e. The van der Waals surface area contributed by atoms with Crippen LogP contribution in [0.1, 0.15) is 18.9 Å². The van der Waals surface area contributed by atoms with Crippen molar-refractivity contribution in [3.63, 3.8) is 0 Å². The molecule has 1 rings (SSSR count). The number of ether oxygens (including phenoxy) is 1. The molecule has 1 aromatic carbocycles. The first kappa shape index (κ1) is 12.5. The van der Waals surface area contributed by atoms with Crippen LogP contribution in [0.4, 0.5) is 4.39 Å². The van der Waals surface area contributed by atoms with Crippen LogP contribution < -0.4 is 10.1 Å². The number of nitrogens with one attached hydrogen (secondary N) is 1. The van der Waals surface area contributed by atoms with E-state index in [0.717, 1.165) is 0 Å². The molecule has 3 nitrogen and oxygen atoms in total. The molecule has 0 atom stereocenters. The van der Waals surface area contributed by atoms with E-state index in [-0.39, 0.29) is 11.7 Å². The Labute approximate surface area is 94.6 Å². The number of rotatable bonds is 5. The van der Waals surface area contributed by atoms with Crippen molar-refractivity contribution in [1.82, 2.24) is 5.32 Å². The zero-order chi connectivity index (χ0) is 12.0.